The van der Waals surface area contributed by atoms with E-state index < -0.39 is 11.6 Å². The molecule has 0 aromatic rings. The zero-order valence-electron chi connectivity index (χ0n) is 5.61. The van der Waals surface area contributed by atoms with E-state index in [2.05, 4.69) is 4.99 Å². The van der Waals surface area contributed by atoms with E-state index in [-0.39, 0.29) is 5.16 Å². The fourth-order valence-corrected chi connectivity index (χ4v) is 0.948. The van der Waals surface area contributed by atoms with Crippen LogP contribution in [0.3, 0.4) is 0 Å². The lowest BCUT2D eigenvalue weighted by Gasteiger charge is -2.21. The summed E-state index contributed by atoms with van der Waals surface area (Å²) >= 11 is 5.27. The predicted molar refractivity (Wildman–Crippen MR) is 36.6 cm³/mol. The standard InChI is InChI=1S/C6H5ClF3N/c1-5(6(8,9)10)2-4(7)11-3-5/h2-3H,1H3. The van der Waals surface area contributed by atoms with Crippen molar-refractivity contribution in [2.45, 2.75) is 13.1 Å². The quantitative estimate of drug-likeness (QED) is 0.512. The minimum absolute atomic E-state index is 0.107. The van der Waals surface area contributed by atoms with E-state index in [4.69, 9.17) is 11.6 Å². The molecular formula is C6H5ClF3N. The number of hydrogen-bond donors (Lipinski definition) is 0. The normalized spacial score (nSPS) is 30.8. The van der Waals surface area contributed by atoms with Crippen LogP contribution < -0.4 is 0 Å². The van der Waals surface area contributed by atoms with Crippen LogP contribution in [0.25, 0.3) is 0 Å². The molecule has 0 N–H and O–H groups in total. The summed E-state index contributed by atoms with van der Waals surface area (Å²) in [4.78, 5) is 3.34. The summed E-state index contributed by atoms with van der Waals surface area (Å²) in [6.07, 6.45) is -2.63. The van der Waals surface area contributed by atoms with Crippen molar-refractivity contribution in [3.8, 4) is 0 Å². The molecule has 0 fully saturated rings. The van der Waals surface area contributed by atoms with Crippen LogP contribution in [0.1, 0.15) is 6.92 Å². The Labute approximate surface area is 66.6 Å². The van der Waals surface area contributed by atoms with Gasteiger partial charge in [-0.2, -0.15) is 13.2 Å². The van der Waals surface area contributed by atoms with E-state index in [9.17, 15) is 13.2 Å². The Morgan fingerprint density at radius 1 is 1.55 bits per heavy atom. The van der Waals surface area contributed by atoms with Crippen LogP contribution in [-0.2, 0) is 0 Å². The maximum atomic E-state index is 12.1. The van der Waals surface area contributed by atoms with Crippen LogP contribution >= 0.6 is 11.6 Å². The predicted octanol–water partition coefficient (Wildman–Crippen LogP) is 2.72. The van der Waals surface area contributed by atoms with Gasteiger partial charge in [0.15, 0.2) is 0 Å². The first-order valence-corrected chi connectivity index (χ1v) is 3.23. The minimum atomic E-state index is -4.31. The molecule has 0 amide bonds. The highest BCUT2D eigenvalue weighted by Gasteiger charge is 2.50. The van der Waals surface area contributed by atoms with Crippen molar-refractivity contribution in [1.29, 1.82) is 0 Å². The van der Waals surface area contributed by atoms with Crippen molar-refractivity contribution in [3.05, 3.63) is 11.2 Å². The molecule has 11 heavy (non-hydrogen) atoms. The smallest absolute Gasteiger partial charge is 0.248 e. The first-order valence-electron chi connectivity index (χ1n) is 2.85. The molecule has 1 unspecified atom stereocenters. The largest absolute Gasteiger partial charge is 0.402 e. The van der Waals surface area contributed by atoms with E-state index in [1.807, 2.05) is 0 Å². The molecule has 0 saturated carbocycles. The van der Waals surface area contributed by atoms with Crippen LogP contribution in [0.15, 0.2) is 16.2 Å². The van der Waals surface area contributed by atoms with Crippen LogP contribution in [0, 0.1) is 5.41 Å². The second kappa shape index (κ2) is 2.24. The van der Waals surface area contributed by atoms with Crippen molar-refractivity contribution in [2.75, 3.05) is 0 Å². The first kappa shape index (κ1) is 8.59. The number of hydrogen-bond acceptors (Lipinski definition) is 1. The molecule has 0 spiro atoms. The average Bonchev–Trinajstić information content (AvgIpc) is 2.10. The van der Waals surface area contributed by atoms with E-state index >= 15 is 0 Å². The highest BCUT2D eigenvalue weighted by atomic mass is 35.5. The zero-order chi connectivity index (χ0) is 8.70. The number of aliphatic imine (C=N–C) groups is 1. The SMILES string of the molecule is CC1(C(F)(F)F)C=NC(Cl)=C1. The van der Waals surface area contributed by atoms with Gasteiger partial charge in [-0.05, 0) is 13.0 Å². The second-order valence-electron chi connectivity index (χ2n) is 2.51. The van der Waals surface area contributed by atoms with Gasteiger partial charge < -0.3 is 0 Å². The van der Waals surface area contributed by atoms with Gasteiger partial charge in [0.1, 0.15) is 10.6 Å². The van der Waals surface area contributed by atoms with Crippen molar-refractivity contribution < 1.29 is 13.2 Å². The summed E-state index contributed by atoms with van der Waals surface area (Å²) in [7, 11) is 0. The molecular weight excluding hydrogens is 179 g/mol. The summed E-state index contributed by atoms with van der Waals surface area (Å²) in [5.74, 6) is 0. The highest BCUT2D eigenvalue weighted by molar-refractivity contribution is 6.30. The van der Waals surface area contributed by atoms with Gasteiger partial charge in [0.2, 0.25) is 0 Å². The lowest BCUT2D eigenvalue weighted by molar-refractivity contribution is -0.174. The molecule has 1 nitrogen and oxygen atoms in total. The molecule has 1 heterocycles. The Hall–Kier alpha value is -0.510. The van der Waals surface area contributed by atoms with Gasteiger partial charge in [0.05, 0.1) is 0 Å². The summed E-state index contributed by atoms with van der Waals surface area (Å²) in [6, 6.07) is 0. The van der Waals surface area contributed by atoms with Crippen LogP contribution in [0.5, 0.6) is 0 Å². The molecule has 62 valence electrons. The first-order chi connectivity index (χ1) is 4.85. The third kappa shape index (κ3) is 1.40. The summed E-state index contributed by atoms with van der Waals surface area (Å²) < 4.78 is 36.4. The molecule has 0 aliphatic carbocycles. The number of halogens is 4. The Balaban J connectivity index is 2.97. The maximum absolute atomic E-state index is 12.1. The molecule has 0 radical (unpaired) electrons. The third-order valence-electron chi connectivity index (χ3n) is 1.49. The van der Waals surface area contributed by atoms with Crippen molar-refractivity contribution in [1.82, 2.24) is 0 Å². The average molecular weight is 184 g/mol. The molecule has 1 rings (SSSR count). The van der Waals surface area contributed by atoms with Crippen LogP contribution in [0.4, 0.5) is 13.2 Å². The fourth-order valence-electron chi connectivity index (χ4n) is 0.673. The summed E-state index contributed by atoms with van der Waals surface area (Å²) in [5.41, 5.74) is -1.98. The zero-order valence-corrected chi connectivity index (χ0v) is 6.37. The molecule has 0 saturated heterocycles. The third-order valence-corrected chi connectivity index (χ3v) is 1.69. The second-order valence-corrected chi connectivity index (χ2v) is 2.89. The highest BCUT2D eigenvalue weighted by Crippen LogP contribution is 2.41. The Bertz CT molecular complexity index is 230. The van der Waals surface area contributed by atoms with Gasteiger partial charge in [-0.3, -0.25) is 0 Å². The lowest BCUT2D eigenvalue weighted by Crippen LogP contribution is -2.33. The number of allylic oxidation sites excluding steroid dienone is 1. The molecule has 1 aliphatic rings. The molecule has 0 aromatic carbocycles. The van der Waals surface area contributed by atoms with E-state index in [0.717, 1.165) is 19.2 Å². The van der Waals surface area contributed by atoms with E-state index in [1.165, 1.54) is 0 Å². The minimum Gasteiger partial charge on any atom is -0.248 e. The molecule has 0 bridgehead atoms. The van der Waals surface area contributed by atoms with E-state index in [0.29, 0.717) is 0 Å². The van der Waals surface area contributed by atoms with Gasteiger partial charge in [-0.25, -0.2) is 4.99 Å². The lowest BCUT2D eigenvalue weighted by atomic mass is 9.93. The Morgan fingerprint density at radius 3 is 2.27 bits per heavy atom. The van der Waals surface area contributed by atoms with E-state index in [1.54, 1.807) is 0 Å². The van der Waals surface area contributed by atoms with Gasteiger partial charge in [0.25, 0.3) is 0 Å². The molecule has 1 atom stereocenters. The Kier molecular flexibility index (Phi) is 1.75. The number of alkyl halides is 3. The molecule has 5 heteroatoms. The molecule has 0 aromatic heterocycles. The number of rotatable bonds is 0. The van der Waals surface area contributed by atoms with Gasteiger partial charge in [0, 0.05) is 6.21 Å². The van der Waals surface area contributed by atoms with Gasteiger partial charge in [-0.1, -0.05) is 11.6 Å². The summed E-state index contributed by atoms with van der Waals surface area (Å²) in [5, 5.41) is -0.107. The summed E-state index contributed by atoms with van der Waals surface area (Å²) in [6.45, 7) is 1.02. The Morgan fingerprint density at radius 2 is 2.09 bits per heavy atom. The van der Waals surface area contributed by atoms with Gasteiger partial charge >= 0.3 is 6.18 Å². The van der Waals surface area contributed by atoms with Gasteiger partial charge in [-0.15, -0.1) is 0 Å². The van der Waals surface area contributed by atoms with Crippen LogP contribution in [0.2, 0.25) is 0 Å². The number of nitrogens with zero attached hydrogens (tertiary/aromatic N) is 1. The fraction of sp³-hybridized carbons (Fsp3) is 0.500. The molecule has 1 aliphatic heterocycles. The monoisotopic (exact) mass is 183 g/mol. The van der Waals surface area contributed by atoms with Crippen molar-refractivity contribution in [2.24, 2.45) is 10.4 Å². The topological polar surface area (TPSA) is 12.4 Å². The van der Waals surface area contributed by atoms with Crippen LogP contribution in [-0.4, -0.2) is 12.4 Å². The maximum Gasteiger partial charge on any atom is 0.402 e. The van der Waals surface area contributed by atoms with Crippen molar-refractivity contribution >= 4 is 17.8 Å². The van der Waals surface area contributed by atoms with Crippen molar-refractivity contribution in [3.63, 3.8) is 0 Å².